The summed E-state index contributed by atoms with van der Waals surface area (Å²) in [4.78, 5) is 12.2. The quantitative estimate of drug-likeness (QED) is 0.777. The van der Waals surface area contributed by atoms with Gasteiger partial charge >= 0.3 is 0 Å². The Morgan fingerprint density at radius 2 is 2.06 bits per heavy atom. The Morgan fingerprint density at radius 3 is 2.67 bits per heavy atom. The van der Waals surface area contributed by atoms with Crippen LogP contribution in [0.15, 0.2) is 0 Å². The molecule has 4 heteroatoms. The van der Waals surface area contributed by atoms with E-state index in [2.05, 4.69) is 17.6 Å². The largest absolute Gasteiger partial charge is 0.379 e. The molecule has 0 bridgehead atoms. The summed E-state index contributed by atoms with van der Waals surface area (Å²) in [5.74, 6) is 0.136. The van der Waals surface area contributed by atoms with Gasteiger partial charge in [0.1, 0.15) is 0 Å². The normalized spacial score (nSPS) is 30.6. The van der Waals surface area contributed by atoms with Crippen molar-refractivity contribution in [2.45, 2.75) is 45.1 Å². The van der Waals surface area contributed by atoms with Crippen molar-refractivity contribution in [3.63, 3.8) is 0 Å². The zero-order chi connectivity index (χ0) is 13.0. The lowest BCUT2D eigenvalue weighted by Crippen LogP contribution is -2.45. The number of ether oxygens (including phenoxy) is 1. The molecule has 2 fully saturated rings. The van der Waals surface area contributed by atoms with Gasteiger partial charge in [-0.1, -0.05) is 19.8 Å². The summed E-state index contributed by atoms with van der Waals surface area (Å²) in [6, 6.07) is 0.172. The maximum Gasteiger partial charge on any atom is 0.227 e. The van der Waals surface area contributed by atoms with Crippen molar-refractivity contribution >= 4 is 5.91 Å². The van der Waals surface area contributed by atoms with Gasteiger partial charge in [-0.15, -0.1) is 0 Å². The van der Waals surface area contributed by atoms with Crippen molar-refractivity contribution in [2.75, 3.05) is 26.8 Å². The van der Waals surface area contributed by atoms with Crippen molar-refractivity contribution in [1.82, 2.24) is 10.6 Å². The van der Waals surface area contributed by atoms with Crippen LogP contribution in [0.4, 0.5) is 0 Å². The van der Waals surface area contributed by atoms with E-state index in [1.54, 1.807) is 0 Å². The molecule has 18 heavy (non-hydrogen) atoms. The highest BCUT2D eigenvalue weighted by Gasteiger charge is 2.36. The third-order valence-corrected chi connectivity index (χ3v) is 4.84. The number of carbonyl (C=O) groups excluding carboxylic acids is 1. The Hall–Kier alpha value is -0.610. The van der Waals surface area contributed by atoms with Crippen LogP contribution < -0.4 is 10.6 Å². The van der Waals surface area contributed by atoms with Crippen molar-refractivity contribution in [1.29, 1.82) is 0 Å². The molecule has 1 aliphatic carbocycles. The highest BCUT2D eigenvalue weighted by Crippen LogP contribution is 2.40. The molecule has 0 aromatic heterocycles. The highest BCUT2D eigenvalue weighted by molar-refractivity contribution is 5.79. The standard InChI is InChI=1S/C14H26N2O2/c1-3-14(6-4-5-7-14)10-16-13(17)11-8-18-9-12(11)15-2/h11-12,15H,3-10H2,1-2H3,(H,16,17). The van der Waals surface area contributed by atoms with Crippen LogP contribution in [0, 0.1) is 11.3 Å². The van der Waals surface area contributed by atoms with Gasteiger partial charge in [0.2, 0.25) is 5.91 Å². The van der Waals surface area contributed by atoms with Crippen LogP contribution in [-0.4, -0.2) is 38.8 Å². The molecule has 104 valence electrons. The fourth-order valence-corrected chi connectivity index (χ4v) is 3.28. The molecule has 0 aromatic rings. The summed E-state index contributed by atoms with van der Waals surface area (Å²) in [6.07, 6.45) is 6.33. The van der Waals surface area contributed by atoms with Gasteiger partial charge in [0.15, 0.2) is 0 Å². The van der Waals surface area contributed by atoms with Crippen molar-refractivity contribution in [3.05, 3.63) is 0 Å². The Morgan fingerprint density at radius 1 is 1.33 bits per heavy atom. The molecule has 1 heterocycles. The first-order valence-electron chi connectivity index (χ1n) is 7.23. The van der Waals surface area contributed by atoms with Crippen LogP contribution in [0.2, 0.25) is 0 Å². The molecule has 4 nitrogen and oxygen atoms in total. The molecule has 2 unspecified atom stereocenters. The fraction of sp³-hybridized carbons (Fsp3) is 0.929. The molecule has 1 aliphatic heterocycles. The molecular weight excluding hydrogens is 228 g/mol. The minimum Gasteiger partial charge on any atom is -0.379 e. The number of hydrogen-bond acceptors (Lipinski definition) is 3. The smallest absolute Gasteiger partial charge is 0.227 e. The zero-order valence-electron chi connectivity index (χ0n) is 11.6. The summed E-state index contributed by atoms with van der Waals surface area (Å²) < 4.78 is 5.38. The van der Waals surface area contributed by atoms with E-state index in [9.17, 15) is 4.79 Å². The monoisotopic (exact) mass is 254 g/mol. The summed E-state index contributed by atoms with van der Waals surface area (Å²) >= 11 is 0. The second-order valence-electron chi connectivity index (χ2n) is 5.82. The first kappa shape index (κ1) is 13.8. The number of nitrogens with one attached hydrogen (secondary N) is 2. The van der Waals surface area contributed by atoms with Gasteiger partial charge < -0.3 is 15.4 Å². The number of amides is 1. The van der Waals surface area contributed by atoms with Gasteiger partial charge in [0.25, 0.3) is 0 Å². The van der Waals surface area contributed by atoms with Crippen LogP contribution in [-0.2, 0) is 9.53 Å². The maximum atomic E-state index is 12.2. The molecule has 1 saturated heterocycles. The second kappa shape index (κ2) is 6.02. The number of rotatable bonds is 5. The highest BCUT2D eigenvalue weighted by atomic mass is 16.5. The summed E-state index contributed by atoms with van der Waals surface area (Å²) in [7, 11) is 1.89. The van der Waals surface area contributed by atoms with Crippen molar-refractivity contribution in [3.8, 4) is 0 Å². The van der Waals surface area contributed by atoms with E-state index in [4.69, 9.17) is 4.74 Å². The summed E-state index contributed by atoms with van der Waals surface area (Å²) in [5, 5.41) is 6.32. The molecule has 0 spiro atoms. The Kier molecular flexibility index (Phi) is 4.62. The van der Waals surface area contributed by atoms with Gasteiger partial charge in [-0.25, -0.2) is 0 Å². The molecular formula is C14H26N2O2. The molecule has 2 rings (SSSR count). The molecule has 1 amide bonds. The van der Waals surface area contributed by atoms with E-state index in [0.717, 1.165) is 6.54 Å². The predicted molar refractivity (Wildman–Crippen MR) is 71.4 cm³/mol. The average Bonchev–Trinajstić information content (AvgIpc) is 3.05. The minimum absolute atomic E-state index is 0.0229. The number of likely N-dealkylation sites (N-methyl/N-ethyl adjacent to an activating group) is 1. The second-order valence-corrected chi connectivity index (χ2v) is 5.82. The SMILES string of the molecule is CCC1(CNC(=O)C2COCC2NC)CCCC1. The van der Waals surface area contributed by atoms with E-state index >= 15 is 0 Å². The van der Waals surface area contributed by atoms with Gasteiger partial charge in [-0.3, -0.25) is 4.79 Å². The van der Waals surface area contributed by atoms with Crippen LogP contribution in [0.5, 0.6) is 0 Å². The first-order valence-corrected chi connectivity index (χ1v) is 7.23. The van der Waals surface area contributed by atoms with Crippen molar-refractivity contribution in [2.24, 2.45) is 11.3 Å². The van der Waals surface area contributed by atoms with Gasteiger partial charge in [0, 0.05) is 12.6 Å². The lowest BCUT2D eigenvalue weighted by Gasteiger charge is -2.28. The van der Waals surface area contributed by atoms with Crippen LogP contribution >= 0.6 is 0 Å². The lowest BCUT2D eigenvalue weighted by atomic mass is 9.83. The Balaban J connectivity index is 1.84. The topological polar surface area (TPSA) is 50.4 Å². The van der Waals surface area contributed by atoms with Crippen LogP contribution in [0.3, 0.4) is 0 Å². The van der Waals surface area contributed by atoms with E-state index < -0.39 is 0 Å². The number of hydrogen-bond donors (Lipinski definition) is 2. The van der Waals surface area contributed by atoms with E-state index in [-0.39, 0.29) is 17.9 Å². The van der Waals surface area contributed by atoms with E-state index in [1.807, 2.05) is 7.05 Å². The molecule has 2 N–H and O–H groups in total. The van der Waals surface area contributed by atoms with E-state index in [1.165, 1.54) is 32.1 Å². The maximum absolute atomic E-state index is 12.2. The third kappa shape index (κ3) is 2.86. The predicted octanol–water partition coefficient (Wildman–Crippen LogP) is 1.31. The van der Waals surface area contributed by atoms with Crippen LogP contribution in [0.25, 0.3) is 0 Å². The summed E-state index contributed by atoms with van der Waals surface area (Å²) in [5.41, 5.74) is 0.365. The average molecular weight is 254 g/mol. The fourth-order valence-electron chi connectivity index (χ4n) is 3.28. The van der Waals surface area contributed by atoms with Gasteiger partial charge in [0.05, 0.1) is 19.1 Å². The molecule has 1 saturated carbocycles. The van der Waals surface area contributed by atoms with Crippen molar-refractivity contribution < 1.29 is 9.53 Å². The molecule has 2 aliphatic rings. The Labute approximate surface area is 110 Å². The van der Waals surface area contributed by atoms with Gasteiger partial charge in [-0.05, 0) is 31.7 Å². The molecule has 0 aromatic carbocycles. The first-order chi connectivity index (χ1) is 8.71. The zero-order valence-corrected chi connectivity index (χ0v) is 11.6. The lowest BCUT2D eigenvalue weighted by molar-refractivity contribution is -0.125. The van der Waals surface area contributed by atoms with E-state index in [0.29, 0.717) is 18.6 Å². The van der Waals surface area contributed by atoms with Gasteiger partial charge in [-0.2, -0.15) is 0 Å². The Bertz CT molecular complexity index is 288. The summed E-state index contributed by atoms with van der Waals surface area (Å²) in [6.45, 7) is 4.28. The molecule has 2 atom stereocenters. The number of carbonyl (C=O) groups is 1. The molecule has 0 radical (unpaired) electrons. The minimum atomic E-state index is -0.0229. The van der Waals surface area contributed by atoms with Crippen LogP contribution in [0.1, 0.15) is 39.0 Å². The third-order valence-electron chi connectivity index (χ3n) is 4.84.